The summed E-state index contributed by atoms with van der Waals surface area (Å²) >= 11 is 0. The zero-order valence-electron chi connectivity index (χ0n) is 12.7. The summed E-state index contributed by atoms with van der Waals surface area (Å²) < 4.78 is 18.8. The highest BCUT2D eigenvalue weighted by molar-refractivity contribution is 5.88. The van der Waals surface area contributed by atoms with Crippen LogP contribution in [-0.4, -0.2) is 29.3 Å². The summed E-state index contributed by atoms with van der Waals surface area (Å²) in [5.74, 6) is 3.02. The summed E-state index contributed by atoms with van der Waals surface area (Å²) in [5.41, 5.74) is -0.980. The Morgan fingerprint density at radius 3 is 2.64 bits per heavy atom. The molecule has 0 aliphatic carbocycles. The lowest BCUT2D eigenvalue weighted by Gasteiger charge is -2.19. The Labute approximate surface area is 128 Å². The number of benzene rings is 1. The van der Waals surface area contributed by atoms with Gasteiger partial charge in [0.15, 0.2) is 5.82 Å². The first-order valence-corrected chi connectivity index (χ1v) is 6.68. The Morgan fingerprint density at radius 1 is 1.36 bits per heavy atom. The van der Waals surface area contributed by atoms with E-state index < -0.39 is 29.0 Å². The molecule has 0 aliphatic heterocycles. The van der Waals surface area contributed by atoms with Gasteiger partial charge in [-0.3, -0.25) is 0 Å². The van der Waals surface area contributed by atoms with Crippen molar-refractivity contribution >= 4 is 12.1 Å². The number of rotatable bonds is 3. The third-order valence-corrected chi connectivity index (χ3v) is 2.37. The molecule has 1 amide bonds. The Hall–Kier alpha value is -2.55. The Bertz CT molecular complexity index is 623. The molecule has 1 rings (SSSR count). The highest BCUT2D eigenvalue weighted by Crippen LogP contribution is 2.12. The summed E-state index contributed by atoms with van der Waals surface area (Å²) in [4.78, 5) is 22.1. The number of nitrogens with one attached hydrogen (secondary N) is 1. The molecule has 0 aliphatic rings. The van der Waals surface area contributed by atoms with Crippen LogP contribution in [0.5, 0.6) is 0 Å². The van der Waals surface area contributed by atoms with Gasteiger partial charge in [0.05, 0.1) is 11.1 Å². The molecule has 0 bridgehead atoms. The lowest BCUT2D eigenvalue weighted by molar-refractivity contribution is 0.0528. The van der Waals surface area contributed by atoms with Gasteiger partial charge in [0.1, 0.15) is 5.60 Å². The predicted octanol–water partition coefficient (Wildman–Crippen LogP) is 2.79. The van der Waals surface area contributed by atoms with Gasteiger partial charge in [-0.1, -0.05) is 17.9 Å². The highest BCUT2D eigenvalue weighted by atomic mass is 19.1. The van der Waals surface area contributed by atoms with Crippen molar-refractivity contribution < 1.29 is 23.8 Å². The summed E-state index contributed by atoms with van der Waals surface area (Å²) in [5, 5.41) is 11.3. The zero-order chi connectivity index (χ0) is 16.8. The molecule has 0 aromatic heterocycles. The van der Waals surface area contributed by atoms with E-state index in [-0.39, 0.29) is 18.5 Å². The van der Waals surface area contributed by atoms with E-state index >= 15 is 0 Å². The summed E-state index contributed by atoms with van der Waals surface area (Å²) in [7, 11) is 0. The molecule has 0 radical (unpaired) electrons. The van der Waals surface area contributed by atoms with Crippen molar-refractivity contribution in [3.05, 3.63) is 35.1 Å². The van der Waals surface area contributed by atoms with Crippen LogP contribution in [0.3, 0.4) is 0 Å². The van der Waals surface area contributed by atoms with Crippen LogP contribution >= 0.6 is 0 Å². The molecule has 0 saturated heterocycles. The fraction of sp³-hybridized carbons (Fsp3) is 0.375. The third-order valence-electron chi connectivity index (χ3n) is 2.37. The van der Waals surface area contributed by atoms with Crippen molar-refractivity contribution in [3.8, 4) is 11.8 Å². The van der Waals surface area contributed by atoms with Crippen LogP contribution in [0.25, 0.3) is 0 Å². The summed E-state index contributed by atoms with van der Waals surface area (Å²) in [6.07, 6.45) is -0.260. The first-order valence-electron chi connectivity index (χ1n) is 6.68. The molecule has 0 heterocycles. The predicted molar refractivity (Wildman–Crippen MR) is 79.1 cm³/mol. The van der Waals surface area contributed by atoms with Crippen LogP contribution in [0.4, 0.5) is 9.18 Å². The standard InChI is InChI=1S/C16H18FNO4/c1-16(2,3)22-15(21)18-10-5-4-7-11-8-6-9-12(13(11)17)14(19)20/h6,8-9H,5,10H2,1-3H3,(H,18,21)(H,19,20). The van der Waals surface area contributed by atoms with E-state index in [1.54, 1.807) is 20.8 Å². The Morgan fingerprint density at radius 2 is 2.05 bits per heavy atom. The normalized spacial score (nSPS) is 10.4. The number of amides is 1. The number of carbonyl (C=O) groups is 2. The molecule has 6 heteroatoms. The van der Waals surface area contributed by atoms with E-state index in [1.165, 1.54) is 18.2 Å². The minimum atomic E-state index is -1.34. The molecule has 0 unspecified atom stereocenters. The van der Waals surface area contributed by atoms with Gasteiger partial charge in [-0.25, -0.2) is 14.0 Å². The molecular formula is C16H18FNO4. The van der Waals surface area contributed by atoms with Gasteiger partial charge >= 0.3 is 12.1 Å². The SMILES string of the molecule is CC(C)(C)OC(=O)NCCC#Cc1cccc(C(=O)O)c1F. The molecule has 0 saturated carbocycles. The molecular weight excluding hydrogens is 289 g/mol. The Balaban J connectivity index is 2.54. The number of carbonyl (C=O) groups excluding carboxylic acids is 1. The molecule has 1 aromatic carbocycles. The van der Waals surface area contributed by atoms with E-state index in [1.807, 2.05) is 0 Å². The van der Waals surface area contributed by atoms with Crippen molar-refractivity contribution in [1.29, 1.82) is 0 Å². The van der Waals surface area contributed by atoms with Crippen LogP contribution < -0.4 is 5.32 Å². The first kappa shape index (κ1) is 17.5. The zero-order valence-corrected chi connectivity index (χ0v) is 12.7. The molecule has 0 atom stereocenters. The van der Waals surface area contributed by atoms with Gasteiger partial charge in [0, 0.05) is 13.0 Å². The monoisotopic (exact) mass is 307 g/mol. The number of aromatic carboxylic acids is 1. The first-order chi connectivity index (χ1) is 10.2. The van der Waals surface area contributed by atoms with Crippen LogP contribution in [0, 0.1) is 17.7 Å². The smallest absolute Gasteiger partial charge is 0.407 e. The van der Waals surface area contributed by atoms with Crippen LogP contribution in [0.2, 0.25) is 0 Å². The quantitative estimate of drug-likeness (QED) is 0.665. The van der Waals surface area contributed by atoms with Gasteiger partial charge in [-0.05, 0) is 32.9 Å². The number of alkyl carbamates (subject to hydrolysis) is 1. The fourth-order valence-electron chi connectivity index (χ4n) is 1.49. The van der Waals surface area contributed by atoms with Gasteiger partial charge in [-0.15, -0.1) is 0 Å². The maximum atomic E-state index is 13.8. The molecule has 118 valence electrons. The maximum absolute atomic E-state index is 13.8. The maximum Gasteiger partial charge on any atom is 0.407 e. The average Bonchev–Trinajstić information content (AvgIpc) is 2.37. The van der Waals surface area contributed by atoms with E-state index in [2.05, 4.69) is 17.2 Å². The van der Waals surface area contributed by atoms with Crippen LogP contribution in [0.1, 0.15) is 43.1 Å². The molecule has 0 spiro atoms. The highest BCUT2D eigenvalue weighted by Gasteiger charge is 2.15. The molecule has 2 N–H and O–H groups in total. The van der Waals surface area contributed by atoms with E-state index in [0.717, 1.165) is 0 Å². The number of carboxylic acid groups (broad SMARTS) is 1. The van der Waals surface area contributed by atoms with E-state index in [0.29, 0.717) is 0 Å². The second-order valence-corrected chi connectivity index (χ2v) is 5.45. The van der Waals surface area contributed by atoms with Gasteiger partial charge in [-0.2, -0.15) is 0 Å². The van der Waals surface area contributed by atoms with Crippen molar-refractivity contribution in [2.45, 2.75) is 32.8 Å². The molecule has 5 nitrogen and oxygen atoms in total. The lowest BCUT2D eigenvalue weighted by Crippen LogP contribution is -2.32. The average molecular weight is 307 g/mol. The topological polar surface area (TPSA) is 75.6 Å². The number of ether oxygens (including phenoxy) is 1. The van der Waals surface area contributed by atoms with Crippen LogP contribution in [-0.2, 0) is 4.74 Å². The Kier molecular flexibility index (Phi) is 5.93. The van der Waals surface area contributed by atoms with Crippen molar-refractivity contribution in [2.24, 2.45) is 0 Å². The van der Waals surface area contributed by atoms with E-state index in [9.17, 15) is 14.0 Å². The summed E-state index contributed by atoms with van der Waals surface area (Å²) in [6, 6.07) is 4.00. The van der Waals surface area contributed by atoms with Gasteiger partial charge in [0.25, 0.3) is 0 Å². The second kappa shape index (κ2) is 7.46. The number of carboxylic acids is 1. The minimum absolute atomic E-state index is 0.0113. The largest absolute Gasteiger partial charge is 0.478 e. The van der Waals surface area contributed by atoms with Gasteiger partial charge < -0.3 is 15.2 Å². The van der Waals surface area contributed by atoms with Crippen LogP contribution in [0.15, 0.2) is 18.2 Å². The van der Waals surface area contributed by atoms with Crippen molar-refractivity contribution in [2.75, 3.05) is 6.54 Å². The number of hydrogen-bond acceptors (Lipinski definition) is 3. The fourth-order valence-corrected chi connectivity index (χ4v) is 1.49. The number of halogens is 1. The van der Waals surface area contributed by atoms with Crippen molar-refractivity contribution in [1.82, 2.24) is 5.32 Å². The number of hydrogen-bond donors (Lipinski definition) is 2. The molecule has 0 fully saturated rings. The molecule has 1 aromatic rings. The van der Waals surface area contributed by atoms with E-state index in [4.69, 9.17) is 9.84 Å². The molecule has 22 heavy (non-hydrogen) atoms. The van der Waals surface area contributed by atoms with Crippen molar-refractivity contribution in [3.63, 3.8) is 0 Å². The lowest BCUT2D eigenvalue weighted by atomic mass is 10.1. The third kappa shape index (κ3) is 5.83. The minimum Gasteiger partial charge on any atom is -0.478 e. The second-order valence-electron chi connectivity index (χ2n) is 5.45. The van der Waals surface area contributed by atoms with Gasteiger partial charge in [0.2, 0.25) is 0 Å². The summed E-state index contributed by atoms with van der Waals surface area (Å²) in [6.45, 7) is 5.52.